The molecule has 2 rings (SSSR count). The molecule has 0 aliphatic heterocycles. The van der Waals surface area contributed by atoms with E-state index in [0.29, 0.717) is 6.54 Å². The summed E-state index contributed by atoms with van der Waals surface area (Å²) in [6, 6.07) is 8.38. The van der Waals surface area contributed by atoms with E-state index in [0.717, 1.165) is 37.5 Å². The fourth-order valence-electron chi connectivity index (χ4n) is 3.20. The van der Waals surface area contributed by atoms with Crippen LogP contribution in [0.4, 0.5) is 4.79 Å². The molecule has 0 atom stereocenters. The van der Waals surface area contributed by atoms with Crippen LogP contribution in [-0.4, -0.2) is 31.1 Å². The smallest absolute Gasteiger partial charge is 0.315 e. The van der Waals surface area contributed by atoms with Gasteiger partial charge >= 0.3 is 6.03 Å². The maximum absolute atomic E-state index is 11.9. The van der Waals surface area contributed by atoms with Crippen molar-refractivity contribution in [3.8, 4) is 0 Å². The minimum Gasteiger partial charge on any atom is -0.338 e. The van der Waals surface area contributed by atoms with E-state index in [9.17, 15) is 4.79 Å². The van der Waals surface area contributed by atoms with E-state index < -0.39 is 0 Å². The minimum absolute atomic E-state index is 0.0564. The van der Waals surface area contributed by atoms with E-state index >= 15 is 0 Å². The van der Waals surface area contributed by atoms with Gasteiger partial charge in [0.1, 0.15) is 0 Å². The molecule has 0 spiro atoms. The number of hydrogen-bond donors (Lipinski definition) is 2. The summed E-state index contributed by atoms with van der Waals surface area (Å²) in [4.78, 5) is 14.1. The standard InChI is InChI=1S/C19H31N3O/c1-3-22(2)15-18-10-6-9-17(13-18)14-21-19(23)20-12-11-16-7-4-5-8-16/h6,9-10,13,16H,3-5,7-8,11-12,14-15H2,1-2H3,(H2,20,21,23). The lowest BCUT2D eigenvalue weighted by atomic mass is 10.0. The van der Waals surface area contributed by atoms with Crippen LogP contribution in [0, 0.1) is 5.92 Å². The van der Waals surface area contributed by atoms with Gasteiger partial charge in [-0.2, -0.15) is 0 Å². The highest BCUT2D eigenvalue weighted by molar-refractivity contribution is 5.73. The lowest BCUT2D eigenvalue weighted by Crippen LogP contribution is -2.36. The van der Waals surface area contributed by atoms with Crippen molar-refractivity contribution in [2.24, 2.45) is 5.92 Å². The molecule has 0 saturated heterocycles. The molecule has 1 aromatic rings. The molecule has 1 aliphatic carbocycles. The van der Waals surface area contributed by atoms with Crippen LogP contribution in [0.15, 0.2) is 24.3 Å². The molecule has 0 radical (unpaired) electrons. The summed E-state index contributed by atoms with van der Waals surface area (Å²) in [5.41, 5.74) is 2.44. The second kappa shape index (κ2) is 9.56. The van der Waals surface area contributed by atoms with Crippen LogP contribution in [0.2, 0.25) is 0 Å². The maximum atomic E-state index is 11.9. The number of rotatable bonds is 8. The first kappa shape index (κ1) is 17.8. The summed E-state index contributed by atoms with van der Waals surface area (Å²) in [5, 5.41) is 5.93. The van der Waals surface area contributed by atoms with Crippen LogP contribution in [0.5, 0.6) is 0 Å². The summed E-state index contributed by atoms with van der Waals surface area (Å²) >= 11 is 0. The van der Waals surface area contributed by atoms with Crippen LogP contribution in [0.25, 0.3) is 0 Å². The number of hydrogen-bond acceptors (Lipinski definition) is 2. The highest BCUT2D eigenvalue weighted by Gasteiger charge is 2.14. The fraction of sp³-hybridized carbons (Fsp3) is 0.632. The summed E-state index contributed by atoms with van der Waals surface area (Å²) in [7, 11) is 2.11. The summed E-state index contributed by atoms with van der Waals surface area (Å²) < 4.78 is 0. The average molecular weight is 317 g/mol. The van der Waals surface area contributed by atoms with Crippen LogP contribution >= 0.6 is 0 Å². The van der Waals surface area contributed by atoms with Gasteiger partial charge in [-0.15, -0.1) is 0 Å². The third-order valence-electron chi connectivity index (χ3n) is 4.75. The van der Waals surface area contributed by atoms with E-state index in [1.807, 2.05) is 0 Å². The number of nitrogens with zero attached hydrogens (tertiary/aromatic N) is 1. The van der Waals surface area contributed by atoms with Crippen molar-refractivity contribution in [1.82, 2.24) is 15.5 Å². The number of amides is 2. The predicted molar refractivity (Wildman–Crippen MR) is 95.3 cm³/mol. The third-order valence-corrected chi connectivity index (χ3v) is 4.75. The molecule has 0 unspecified atom stereocenters. The van der Waals surface area contributed by atoms with Gasteiger partial charge in [0.25, 0.3) is 0 Å². The Morgan fingerprint density at radius 1 is 1.22 bits per heavy atom. The number of carbonyl (C=O) groups excluding carboxylic acids is 1. The van der Waals surface area contributed by atoms with Gasteiger partial charge in [-0.1, -0.05) is 56.9 Å². The molecule has 1 fully saturated rings. The van der Waals surface area contributed by atoms with Crippen molar-refractivity contribution in [2.75, 3.05) is 20.1 Å². The van der Waals surface area contributed by atoms with Crippen molar-refractivity contribution in [3.63, 3.8) is 0 Å². The molecule has 23 heavy (non-hydrogen) atoms. The zero-order valence-corrected chi connectivity index (χ0v) is 14.6. The highest BCUT2D eigenvalue weighted by Crippen LogP contribution is 2.26. The van der Waals surface area contributed by atoms with Gasteiger partial charge in [0, 0.05) is 19.6 Å². The van der Waals surface area contributed by atoms with Crippen LogP contribution < -0.4 is 10.6 Å². The topological polar surface area (TPSA) is 44.4 Å². The zero-order chi connectivity index (χ0) is 16.5. The molecule has 1 saturated carbocycles. The second-order valence-corrected chi connectivity index (χ2v) is 6.70. The molecule has 4 nitrogen and oxygen atoms in total. The lowest BCUT2D eigenvalue weighted by Gasteiger charge is -2.15. The van der Waals surface area contributed by atoms with Gasteiger partial charge in [0.05, 0.1) is 0 Å². The predicted octanol–water partition coefficient (Wildman–Crippen LogP) is 3.52. The largest absolute Gasteiger partial charge is 0.338 e. The van der Waals surface area contributed by atoms with E-state index in [2.05, 4.69) is 53.8 Å². The fourth-order valence-corrected chi connectivity index (χ4v) is 3.20. The normalized spacial score (nSPS) is 15.1. The monoisotopic (exact) mass is 317 g/mol. The molecular formula is C19H31N3O. The molecule has 1 aromatic carbocycles. The maximum Gasteiger partial charge on any atom is 0.315 e. The van der Waals surface area contributed by atoms with Gasteiger partial charge in [-0.3, -0.25) is 0 Å². The molecule has 128 valence electrons. The SMILES string of the molecule is CCN(C)Cc1cccc(CNC(=O)NCCC2CCCC2)c1. The van der Waals surface area contributed by atoms with Gasteiger partial charge in [-0.05, 0) is 37.1 Å². The van der Waals surface area contributed by atoms with Crippen molar-refractivity contribution >= 4 is 6.03 Å². The first-order valence-corrected chi connectivity index (χ1v) is 8.95. The van der Waals surface area contributed by atoms with Crippen LogP contribution in [0.3, 0.4) is 0 Å². The Hall–Kier alpha value is -1.55. The van der Waals surface area contributed by atoms with E-state index in [1.165, 1.54) is 31.2 Å². The number of urea groups is 1. The molecule has 4 heteroatoms. The summed E-state index contributed by atoms with van der Waals surface area (Å²) in [6.45, 7) is 5.50. The Balaban J connectivity index is 1.67. The molecule has 0 bridgehead atoms. The quantitative estimate of drug-likeness (QED) is 0.770. The van der Waals surface area contributed by atoms with Gasteiger partial charge in [0.2, 0.25) is 0 Å². The van der Waals surface area contributed by atoms with Gasteiger partial charge in [-0.25, -0.2) is 4.79 Å². The van der Waals surface area contributed by atoms with Crippen molar-refractivity contribution in [3.05, 3.63) is 35.4 Å². The van der Waals surface area contributed by atoms with E-state index in [4.69, 9.17) is 0 Å². The molecule has 2 N–H and O–H groups in total. The van der Waals surface area contributed by atoms with Crippen molar-refractivity contribution in [1.29, 1.82) is 0 Å². The molecule has 1 aliphatic rings. The minimum atomic E-state index is -0.0564. The Morgan fingerprint density at radius 2 is 1.96 bits per heavy atom. The molecule has 0 aromatic heterocycles. The van der Waals surface area contributed by atoms with Crippen molar-refractivity contribution in [2.45, 2.75) is 52.1 Å². The number of nitrogens with one attached hydrogen (secondary N) is 2. The molecule has 0 heterocycles. The van der Waals surface area contributed by atoms with Gasteiger partial charge in [0.15, 0.2) is 0 Å². The van der Waals surface area contributed by atoms with Crippen molar-refractivity contribution < 1.29 is 4.79 Å². The number of benzene rings is 1. The third kappa shape index (κ3) is 6.61. The zero-order valence-electron chi connectivity index (χ0n) is 14.6. The van der Waals surface area contributed by atoms with E-state index in [1.54, 1.807) is 0 Å². The summed E-state index contributed by atoms with van der Waals surface area (Å²) in [5.74, 6) is 0.822. The van der Waals surface area contributed by atoms with E-state index in [-0.39, 0.29) is 6.03 Å². The van der Waals surface area contributed by atoms with Crippen LogP contribution in [-0.2, 0) is 13.1 Å². The Labute approximate surface area is 140 Å². The number of carbonyl (C=O) groups is 1. The Bertz CT molecular complexity index is 483. The molecule has 2 amide bonds. The Kier molecular flexibility index (Phi) is 7.40. The highest BCUT2D eigenvalue weighted by atomic mass is 16.2. The van der Waals surface area contributed by atoms with Crippen LogP contribution in [0.1, 0.15) is 50.2 Å². The first-order chi connectivity index (χ1) is 11.2. The van der Waals surface area contributed by atoms with Gasteiger partial charge < -0.3 is 15.5 Å². The summed E-state index contributed by atoms with van der Waals surface area (Å²) in [6.07, 6.45) is 6.51. The molecular weight excluding hydrogens is 286 g/mol. The first-order valence-electron chi connectivity index (χ1n) is 8.95. The Morgan fingerprint density at radius 3 is 2.70 bits per heavy atom. The lowest BCUT2D eigenvalue weighted by molar-refractivity contribution is 0.239. The average Bonchev–Trinajstić information content (AvgIpc) is 3.06. The second-order valence-electron chi connectivity index (χ2n) is 6.70.